The minimum atomic E-state index is -2.91. The molecule has 8 heteroatoms. The molecule has 0 radical (unpaired) electrons. The van der Waals surface area contributed by atoms with Gasteiger partial charge in [-0.05, 0) is 25.1 Å². The molecule has 0 aliphatic carbocycles. The van der Waals surface area contributed by atoms with Crippen molar-refractivity contribution in [3.63, 3.8) is 0 Å². The summed E-state index contributed by atoms with van der Waals surface area (Å²) in [5.74, 6) is -0.617. The van der Waals surface area contributed by atoms with Gasteiger partial charge in [0.25, 0.3) is 5.56 Å². The summed E-state index contributed by atoms with van der Waals surface area (Å²) in [5.41, 5.74) is -0.424. The highest BCUT2D eigenvalue weighted by Gasteiger charge is 2.16. The molecule has 0 aliphatic rings. The van der Waals surface area contributed by atoms with E-state index in [1.807, 2.05) is 0 Å². The van der Waals surface area contributed by atoms with E-state index < -0.39 is 24.0 Å². The maximum Gasteiger partial charge on any atom is 0.321 e. The average molecular weight is 365 g/mol. The maximum absolute atomic E-state index is 14.0. The van der Waals surface area contributed by atoms with Crippen LogP contribution >= 0.6 is 23.2 Å². The Balaban J connectivity index is 2.19. The molecule has 0 spiro atoms. The zero-order chi connectivity index (χ0) is 17.1. The zero-order valence-electron chi connectivity index (χ0n) is 12.0. The van der Waals surface area contributed by atoms with Gasteiger partial charge < -0.3 is 5.32 Å². The van der Waals surface area contributed by atoms with Crippen molar-refractivity contribution < 1.29 is 13.2 Å². The molecular weight excluding hydrogens is 352 g/mol. The van der Waals surface area contributed by atoms with Crippen LogP contribution in [0.4, 0.5) is 13.2 Å². The quantitative estimate of drug-likeness (QED) is 0.790. The van der Waals surface area contributed by atoms with E-state index in [0.29, 0.717) is 4.57 Å². The number of pyridine rings is 1. The van der Waals surface area contributed by atoms with Gasteiger partial charge in [0.2, 0.25) is 0 Å². The average Bonchev–Trinajstić information content (AvgIpc) is 2.49. The molecule has 1 aromatic heterocycles. The van der Waals surface area contributed by atoms with E-state index in [9.17, 15) is 18.0 Å². The third kappa shape index (κ3) is 4.07. The number of halogens is 5. The first-order chi connectivity index (χ1) is 10.8. The molecule has 0 saturated heterocycles. The van der Waals surface area contributed by atoms with Gasteiger partial charge in [-0.25, -0.2) is 4.39 Å². The summed E-state index contributed by atoms with van der Waals surface area (Å²) in [4.78, 5) is 11.9. The lowest BCUT2D eigenvalue weighted by Crippen LogP contribution is -2.28. The Morgan fingerprint density at radius 3 is 2.65 bits per heavy atom. The molecule has 0 amide bonds. The number of nitrogens with one attached hydrogen (secondary N) is 1. The van der Waals surface area contributed by atoms with Crippen LogP contribution in [0.1, 0.15) is 30.6 Å². The monoisotopic (exact) mass is 364 g/mol. The van der Waals surface area contributed by atoms with Crippen LogP contribution < -0.4 is 10.9 Å². The van der Waals surface area contributed by atoms with E-state index in [0.717, 1.165) is 6.20 Å². The van der Waals surface area contributed by atoms with E-state index in [-0.39, 0.29) is 27.7 Å². The van der Waals surface area contributed by atoms with E-state index in [2.05, 4.69) is 5.32 Å². The number of benzene rings is 1. The molecular formula is C15H13Cl2F3N2O. The number of aromatic nitrogens is 1. The summed E-state index contributed by atoms with van der Waals surface area (Å²) < 4.78 is 39.7. The number of hydrogen-bond acceptors (Lipinski definition) is 2. The second kappa shape index (κ2) is 7.38. The maximum atomic E-state index is 14.0. The first-order valence-corrected chi connectivity index (χ1v) is 7.43. The van der Waals surface area contributed by atoms with Crippen molar-refractivity contribution in [3.8, 4) is 0 Å². The molecule has 1 aromatic carbocycles. The van der Waals surface area contributed by atoms with Gasteiger partial charge in [0.1, 0.15) is 5.82 Å². The number of nitrogens with zero attached hydrogens (tertiary/aromatic N) is 1. The number of rotatable bonds is 5. The second-order valence-electron chi connectivity index (χ2n) is 4.92. The van der Waals surface area contributed by atoms with Crippen LogP contribution in [0.2, 0.25) is 10.0 Å². The fourth-order valence-corrected chi connectivity index (χ4v) is 2.62. The summed E-state index contributed by atoms with van der Waals surface area (Å²) in [6.45, 7) is -1.26. The van der Waals surface area contributed by atoms with E-state index in [1.165, 1.54) is 24.3 Å². The first kappa shape index (κ1) is 17.8. The molecule has 0 saturated carbocycles. The number of alkyl halides is 2. The van der Waals surface area contributed by atoms with Crippen molar-refractivity contribution in [1.82, 2.24) is 9.88 Å². The highest BCUT2D eigenvalue weighted by atomic mass is 35.5. The molecule has 0 aliphatic heterocycles. The minimum Gasteiger partial charge on any atom is -0.306 e. The van der Waals surface area contributed by atoms with Crippen molar-refractivity contribution >= 4 is 23.2 Å². The molecule has 2 aromatic rings. The van der Waals surface area contributed by atoms with Crippen molar-refractivity contribution in [3.05, 3.63) is 67.8 Å². The normalized spacial score (nSPS) is 12.7. The van der Waals surface area contributed by atoms with Gasteiger partial charge in [0, 0.05) is 34.9 Å². The van der Waals surface area contributed by atoms with Crippen LogP contribution in [-0.2, 0) is 6.54 Å². The molecule has 1 atom stereocenters. The molecule has 0 bridgehead atoms. The molecule has 1 heterocycles. The fraction of sp³-hybridized carbons (Fsp3) is 0.267. The minimum absolute atomic E-state index is 0.00284. The number of hydrogen-bond donors (Lipinski definition) is 1. The Morgan fingerprint density at radius 1 is 1.30 bits per heavy atom. The Morgan fingerprint density at radius 2 is 2.00 bits per heavy atom. The highest BCUT2D eigenvalue weighted by Crippen LogP contribution is 2.27. The van der Waals surface area contributed by atoms with Gasteiger partial charge in [-0.3, -0.25) is 9.36 Å². The highest BCUT2D eigenvalue weighted by molar-refractivity contribution is 6.34. The van der Waals surface area contributed by atoms with Crippen molar-refractivity contribution in [2.24, 2.45) is 0 Å². The van der Waals surface area contributed by atoms with Gasteiger partial charge in [0.05, 0.1) is 5.02 Å². The van der Waals surface area contributed by atoms with Crippen molar-refractivity contribution in [2.75, 3.05) is 0 Å². The summed E-state index contributed by atoms with van der Waals surface area (Å²) in [6.07, 6.45) is 1.01. The van der Waals surface area contributed by atoms with E-state index >= 15 is 0 Å². The van der Waals surface area contributed by atoms with Crippen LogP contribution in [0.3, 0.4) is 0 Å². The van der Waals surface area contributed by atoms with Crippen LogP contribution in [0.25, 0.3) is 0 Å². The predicted octanol–water partition coefficient (Wildman–Crippen LogP) is 4.54. The molecule has 2 rings (SSSR count). The van der Waals surface area contributed by atoms with Gasteiger partial charge in [-0.1, -0.05) is 29.3 Å². The molecule has 3 nitrogen and oxygen atoms in total. The lowest BCUT2D eigenvalue weighted by molar-refractivity contribution is 0.0659. The zero-order valence-corrected chi connectivity index (χ0v) is 13.5. The van der Waals surface area contributed by atoms with Gasteiger partial charge in [-0.15, -0.1) is 0 Å². The smallest absolute Gasteiger partial charge is 0.306 e. The van der Waals surface area contributed by atoms with Gasteiger partial charge in [0.15, 0.2) is 0 Å². The molecule has 23 heavy (non-hydrogen) atoms. The first-order valence-electron chi connectivity index (χ1n) is 6.67. The summed E-state index contributed by atoms with van der Waals surface area (Å²) in [6, 6.07) is 4.97. The predicted molar refractivity (Wildman–Crippen MR) is 83.6 cm³/mol. The van der Waals surface area contributed by atoms with Crippen molar-refractivity contribution in [2.45, 2.75) is 26.1 Å². The molecule has 124 valence electrons. The standard InChI is InChI=1S/C15H13Cl2F3N2O/c1-8(11-5-10(16)6-12(17)13(11)18)21-7-9-3-2-4-22(14(9)23)15(19)20/h2-6,8,15,21H,7H2,1H3. The fourth-order valence-electron chi connectivity index (χ4n) is 2.11. The van der Waals surface area contributed by atoms with Crippen LogP contribution in [0.5, 0.6) is 0 Å². The van der Waals surface area contributed by atoms with Crippen LogP contribution in [0.15, 0.2) is 35.3 Å². The molecule has 1 unspecified atom stereocenters. The Hall–Kier alpha value is -1.50. The summed E-state index contributed by atoms with van der Waals surface area (Å²) in [5, 5.41) is 3.07. The lowest BCUT2D eigenvalue weighted by Gasteiger charge is -2.16. The topological polar surface area (TPSA) is 34.0 Å². The SMILES string of the molecule is CC(NCc1cccn(C(F)F)c1=O)c1cc(Cl)cc(Cl)c1F. The van der Waals surface area contributed by atoms with Gasteiger partial charge >= 0.3 is 6.55 Å². The molecule has 1 N–H and O–H groups in total. The third-order valence-corrected chi connectivity index (χ3v) is 3.84. The molecule has 0 fully saturated rings. The van der Waals surface area contributed by atoms with E-state index in [1.54, 1.807) is 6.92 Å². The second-order valence-corrected chi connectivity index (χ2v) is 5.76. The third-order valence-electron chi connectivity index (χ3n) is 3.35. The van der Waals surface area contributed by atoms with Gasteiger partial charge in [-0.2, -0.15) is 8.78 Å². The van der Waals surface area contributed by atoms with Crippen LogP contribution in [-0.4, -0.2) is 4.57 Å². The Bertz CT molecular complexity index is 765. The lowest BCUT2D eigenvalue weighted by atomic mass is 10.1. The van der Waals surface area contributed by atoms with Crippen molar-refractivity contribution in [1.29, 1.82) is 0 Å². The summed E-state index contributed by atoms with van der Waals surface area (Å²) >= 11 is 11.6. The van der Waals surface area contributed by atoms with E-state index in [4.69, 9.17) is 23.2 Å². The largest absolute Gasteiger partial charge is 0.321 e. The summed E-state index contributed by atoms with van der Waals surface area (Å²) in [7, 11) is 0. The Labute approximate surface area is 140 Å². The van der Waals surface area contributed by atoms with Crippen LogP contribution in [0, 0.1) is 5.82 Å². The Kier molecular flexibility index (Phi) is 5.73.